The smallest absolute Gasteiger partial charge is 0.168 e. The first-order chi connectivity index (χ1) is 8.97. The maximum absolute atomic E-state index is 13.5. The molecule has 19 heavy (non-hydrogen) atoms. The number of rotatable bonds is 3. The van der Waals surface area contributed by atoms with E-state index in [2.05, 4.69) is 15.9 Å². The lowest BCUT2D eigenvalue weighted by atomic mass is 10.2. The van der Waals surface area contributed by atoms with Gasteiger partial charge in [0.1, 0.15) is 16.6 Å². The van der Waals surface area contributed by atoms with E-state index < -0.39 is 11.6 Å². The maximum Gasteiger partial charge on any atom is 0.168 e. The van der Waals surface area contributed by atoms with Crippen molar-refractivity contribution in [3.05, 3.63) is 58.1 Å². The van der Waals surface area contributed by atoms with Crippen molar-refractivity contribution in [2.75, 3.05) is 0 Å². The molecule has 2 aromatic rings. The van der Waals surface area contributed by atoms with Gasteiger partial charge in [-0.15, -0.1) is 0 Å². The quantitative estimate of drug-likeness (QED) is 0.850. The number of hydrogen-bond acceptors (Lipinski definition) is 2. The lowest BCUT2D eigenvalue weighted by Crippen LogP contribution is -2.10. The first-order valence-corrected chi connectivity index (χ1v) is 6.40. The molecule has 0 aliphatic heterocycles. The van der Waals surface area contributed by atoms with Gasteiger partial charge in [-0.2, -0.15) is 0 Å². The van der Waals surface area contributed by atoms with E-state index >= 15 is 0 Å². The molecule has 2 rings (SSSR count). The highest BCUT2D eigenvalue weighted by Crippen LogP contribution is 2.30. The van der Waals surface area contributed by atoms with Crippen LogP contribution in [0.5, 0.6) is 11.5 Å². The summed E-state index contributed by atoms with van der Waals surface area (Å²) in [6.45, 7) is 0. The zero-order valence-electron chi connectivity index (χ0n) is 9.49. The molecule has 98 valence electrons. The minimum atomic E-state index is -0.797. The van der Waals surface area contributed by atoms with E-state index in [0.717, 1.165) is 16.6 Å². The molecule has 2 N–H and O–H groups in total. The zero-order chi connectivity index (χ0) is 14.0. The molecule has 0 atom stereocenters. The van der Waals surface area contributed by atoms with Gasteiger partial charge in [0.2, 0.25) is 0 Å². The fourth-order valence-corrected chi connectivity index (χ4v) is 1.97. The summed E-state index contributed by atoms with van der Waals surface area (Å²) >= 11 is 8.16. The molecular weight excluding hydrogens is 336 g/mol. The van der Waals surface area contributed by atoms with Crippen molar-refractivity contribution in [2.24, 2.45) is 5.73 Å². The summed E-state index contributed by atoms with van der Waals surface area (Å²) in [7, 11) is 0. The summed E-state index contributed by atoms with van der Waals surface area (Å²) < 4.78 is 32.5. The van der Waals surface area contributed by atoms with Crippen LogP contribution in [-0.4, -0.2) is 4.99 Å². The average molecular weight is 344 g/mol. The third kappa shape index (κ3) is 3.27. The van der Waals surface area contributed by atoms with Crippen LogP contribution in [0.2, 0.25) is 0 Å². The van der Waals surface area contributed by atoms with E-state index in [4.69, 9.17) is 22.7 Å². The Balaban J connectivity index is 2.42. The number of ether oxygens (including phenoxy) is 1. The molecule has 0 fully saturated rings. The summed E-state index contributed by atoms with van der Waals surface area (Å²) in [4.78, 5) is 0.130. The molecule has 0 saturated heterocycles. The molecule has 0 heterocycles. The van der Waals surface area contributed by atoms with E-state index in [0.29, 0.717) is 11.3 Å². The second-order valence-electron chi connectivity index (χ2n) is 3.68. The molecule has 2 nitrogen and oxygen atoms in total. The first kappa shape index (κ1) is 13.9. The molecule has 0 aromatic heterocycles. The summed E-state index contributed by atoms with van der Waals surface area (Å²) in [5, 5.41) is 0. The Bertz CT molecular complexity index is 649. The number of nitrogens with two attached hydrogens (primary N) is 1. The van der Waals surface area contributed by atoms with Crippen LogP contribution in [0.1, 0.15) is 5.56 Å². The first-order valence-electron chi connectivity index (χ1n) is 5.19. The monoisotopic (exact) mass is 343 g/mol. The van der Waals surface area contributed by atoms with Gasteiger partial charge in [0.25, 0.3) is 0 Å². The van der Waals surface area contributed by atoms with Gasteiger partial charge in [-0.3, -0.25) is 0 Å². The van der Waals surface area contributed by atoms with Crippen molar-refractivity contribution in [3.63, 3.8) is 0 Å². The average Bonchev–Trinajstić information content (AvgIpc) is 2.32. The molecule has 0 unspecified atom stereocenters. The van der Waals surface area contributed by atoms with Gasteiger partial charge in [0.15, 0.2) is 11.6 Å². The predicted molar refractivity (Wildman–Crippen MR) is 76.5 cm³/mol. The van der Waals surface area contributed by atoms with Gasteiger partial charge in [0.05, 0.1) is 5.56 Å². The molecule has 0 aliphatic rings. The molecule has 2 aromatic carbocycles. The summed E-state index contributed by atoms with van der Waals surface area (Å²) in [6.07, 6.45) is 0. The summed E-state index contributed by atoms with van der Waals surface area (Å²) in [5.74, 6) is -1.27. The van der Waals surface area contributed by atoms with Gasteiger partial charge in [-0.1, -0.05) is 28.1 Å². The lowest BCUT2D eigenvalue weighted by molar-refractivity contribution is 0.437. The fourth-order valence-electron chi connectivity index (χ4n) is 1.46. The molecule has 0 amide bonds. The van der Waals surface area contributed by atoms with Crippen LogP contribution < -0.4 is 10.5 Å². The van der Waals surface area contributed by atoms with Gasteiger partial charge in [-0.05, 0) is 30.3 Å². The maximum atomic E-state index is 13.5. The second-order valence-corrected chi connectivity index (χ2v) is 5.04. The Morgan fingerprint density at radius 2 is 1.84 bits per heavy atom. The summed E-state index contributed by atoms with van der Waals surface area (Å²) in [5.41, 5.74) is 6.04. The SMILES string of the molecule is NC(=S)c1ccc(Br)cc1Oc1ccc(F)cc1F. The largest absolute Gasteiger partial charge is 0.454 e. The van der Waals surface area contributed by atoms with Gasteiger partial charge < -0.3 is 10.5 Å². The molecule has 0 radical (unpaired) electrons. The van der Waals surface area contributed by atoms with E-state index in [9.17, 15) is 8.78 Å². The third-order valence-electron chi connectivity index (χ3n) is 2.32. The van der Waals surface area contributed by atoms with Gasteiger partial charge >= 0.3 is 0 Å². The van der Waals surface area contributed by atoms with Crippen molar-refractivity contribution >= 4 is 33.1 Å². The van der Waals surface area contributed by atoms with Crippen LogP contribution in [0.25, 0.3) is 0 Å². The highest BCUT2D eigenvalue weighted by molar-refractivity contribution is 9.10. The van der Waals surface area contributed by atoms with Crippen LogP contribution in [0.4, 0.5) is 8.78 Å². The van der Waals surface area contributed by atoms with Crippen LogP contribution in [0.15, 0.2) is 40.9 Å². The van der Waals surface area contributed by atoms with Gasteiger partial charge in [0, 0.05) is 10.5 Å². The van der Waals surface area contributed by atoms with E-state index in [-0.39, 0.29) is 10.7 Å². The number of thiocarbonyl (C=S) groups is 1. The molecule has 0 spiro atoms. The van der Waals surface area contributed by atoms with Crippen LogP contribution in [-0.2, 0) is 0 Å². The highest BCUT2D eigenvalue weighted by Gasteiger charge is 2.11. The van der Waals surface area contributed by atoms with E-state index in [1.807, 2.05) is 0 Å². The number of hydrogen-bond donors (Lipinski definition) is 1. The van der Waals surface area contributed by atoms with Crippen LogP contribution >= 0.6 is 28.1 Å². The van der Waals surface area contributed by atoms with E-state index in [1.54, 1.807) is 18.2 Å². The van der Waals surface area contributed by atoms with Crippen LogP contribution in [0, 0.1) is 11.6 Å². The number of benzene rings is 2. The Morgan fingerprint density at radius 1 is 1.11 bits per heavy atom. The lowest BCUT2D eigenvalue weighted by Gasteiger charge is -2.11. The minimum absolute atomic E-state index is 0.1000. The van der Waals surface area contributed by atoms with Gasteiger partial charge in [-0.25, -0.2) is 8.78 Å². The van der Waals surface area contributed by atoms with Crippen LogP contribution in [0.3, 0.4) is 0 Å². The third-order valence-corrected chi connectivity index (χ3v) is 3.04. The topological polar surface area (TPSA) is 35.2 Å². The normalized spacial score (nSPS) is 10.3. The second kappa shape index (κ2) is 5.63. The molecule has 0 saturated carbocycles. The van der Waals surface area contributed by atoms with Crippen molar-refractivity contribution in [2.45, 2.75) is 0 Å². The predicted octanol–water partition coefficient (Wildman–Crippen LogP) is 4.15. The standard InChI is InChI=1S/C13H8BrF2NOS/c14-7-1-3-9(13(17)19)12(5-7)18-11-4-2-8(15)6-10(11)16/h1-6H,(H2,17,19). The summed E-state index contributed by atoms with van der Waals surface area (Å²) in [6, 6.07) is 8.06. The number of halogens is 3. The molecule has 6 heteroatoms. The fraction of sp³-hybridized carbons (Fsp3) is 0. The Hall–Kier alpha value is -1.53. The highest BCUT2D eigenvalue weighted by atomic mass is 79.9. The molecule has 0 bridgehead atoms. The van der Waals surface area contributed by atoms with Crippen molar-refractivity contribution < 1.29 is 13.5 Å². The Morgan fingerprint density at radius 3 is 2.47 bits per heavy atom. The van der Waals surface area contributed by atoms with Crippen molar-refractivity contribution in [3.8, 4) is 11.5 Å². The molecule has 0 aliphatic carbocycles. The van der Waals surface area contributed by atoms with E-state index in [1.165, 1.54) is 6.07 Å². The molecular formula is C13H8BrF2NOS. The van der Waals surface area contributed by atoms with Crippen molar-refractivity contribution in [1.29, 1.82) is 0 Å². The van der Waals surface area contributed by atoms with Crippen molar-refractivity contribution in [1.82, 2.24) is 0 Å². The Kier molecular flexibility index (Phi) is 4.11. The minimum Gasteiger partial charge on any atom is -0.454 e. The Labute approximate surface area is 122 Å². The zero-order valence-corrected chi connectivity index (χ0v) is 11.9.